The Labute approximate surface area is 216 Å². The van der Waals surface area contributed by atoms with Crippen LogP contribution in [0.4, 0.5) is 4.79 Å². The predicted octanol–water partition coefficient (Wildman–Crippen LogP) is 2.02. The molecule has 0 aromatic rings. The Morgan fingerprint density at radius 3 is 2.47 bits per heavy atom. The van der Waals surface area contributed by atoms with E-state index in [0.29, 0.717) is 6.42 Å². The van der Waals surface area contributed by atoms with E-state index in [0.717, 1.165) is 12.8 Å². The van der Waals surface area contributed by atoms with Crippen molar-refractivity contribution in [3.63, 3.8) is 0 Å². The molecule has 1 unspecified atom stereocenters. The molecule has 3 fully saturated rings. The van der Waals surface area contributed by atoms with Gasteiger partial charge in [0.2, 0.25) is 5.91 Å². The van der Waals surface area contributed by atoms with Gasteiger partial charge in [-0.05, 0) is 57.8 Å². The van der Waals surface area contributed by atoms with Crippen molar-refractivity contribution >= 4 is 35.7 Å². The zero-order valence-corrected chi connectivity index (χ0v) is 23.0. The van der Waals surface area contributed by atoms with Crippen molar-refractivity contribution in [2.75, 3.05) is 12.9 Å². The first kappa shape index (κ1) is 28.6. The Kier molecular flexibility index (Phi) is 8.54. The van der Waals surface area contributed by atoms with Crippen LogP contribution >= 0.6 is 11.8 Å². The van der Waals surface area contributed by atoms with E-state index in [1.165, 1.54) is 18.9 Å². The molecule has 0 aromatic heterocycles. The number of carbonyl (C=O) groups excluding carboxylic acids is 4. The van der Waals surface area contributed by atoms with E-state index < -0.39 is 59.2 Å². The molecule has 3 N–H and O–H groups in total. The zero-order valence-electron chi connectivity index (χ0n) is 22.2. The second-order valence-electron chi connectivity index (χ2n) is 11.5. The van der Waals surface area contributed by atoms with Gasteiger partial charge in [-0.15, -0.1) is 0 Å². The van der Waals surface area contributed by atoms with E-state index in [9.17, 15) is 24.3 Å². The Morgan fingerprint density at radius 2 is 1.89 bits per heavy atom. The largest absolute Gasteiger partial charge is 0.467 e. The number of hydrogen-bond donors (Lipinski definition) is 3. The van der Waals surface area contributed by atoms with Crippen LogP contribution in [-0.4, -0.2) is 76.5 Å². The summed E-state index contributed by atoms with van der Waals surface area (Å²) in [7, 11) is 1.24. The number of carbonyl (C=O) groups is 4. The Morgan fingerprint density at radius 1 is 1.22 bits per heavy atom. The first-order chi connectivity index (χ1) is 16.7. The van der Waals surface area contributed by atoms with E-state index in [2.05, 4.69) is 10.6 Å². The van der Waals surface area contributed by atoms with Gasteiger partial charge >= 0.3 is 18.0 Å². The molecular weight excluding hydrogens is 488 g/mol. The maximum atomic E-state index is 13.1. The number of esters is 2. The van der Waals surface area contributed by atoms with E-state index in [4.69, 9.17) is 14.2 Å². The van der Waals surface area contributed by atoms with Crippen LogP contribution in [0.1, 0.15) is 60.8 Å². The molecule has 2 amide bonds. The molecule has 10 nitrogen and oxygen atoms in total. The van der Waals surface area contributed by atoms with Crippen molar-refractivity contribution in [2.45, 2.75) is 95.4 Å². The number of amides is 2. The molecule has 204 valence electrons. The molecule has 2 aliphatic carbocycles. The lowest BCUT2D eigenvalue weighted by Crippen LogP contribution is -2.57. The van der Waals surface area contributed by atoms with Crippen LogP contribution in [0.2, 0.25) is 0 Å². The first-order valence-corrected chi connectivity index (χ1v) is 13.7. The predicted molar refractivity (Wildman–Crippen MR) is 133 cm³/mol. The van der Waals surface area contributed by atoms with Crippen LogP contribution in [0.3, 0.4) is 0 Å². The zero-order chi connectivity index (χ0) is 27.0. The van der Waals surface area contributed by atoms with Gasteiger partial charge < -0.3 is 30.0 Å². The van der Waals surface area contributed by atoms with Crippen LogP contribution in [0.15, 0.2) is 0 Å². The fourth-order valence-corrected chi connectivity index (χ4v) is 7.31. The molecule has 1 heterocycles. The highest BCUT2D eigenvalue weighted by Gasteiger charge is 2.68. The van der Waals surface area contributed by atoms with Crippen molar-refractivity contribution in [3.8, 4) is 0 Å². The lowest BCUT2D eigenvalue weighted by Gasteiger charge is -2.44. The number of hydrogen-bond acceptors (Lipinski definition) is 9. The molecule has 8 atom stereocenters. The normalized spacial score (nSPS) is 32.8. The van der Waals surface area contributed by atoms with E-state index in [-0.39, 0.29) is 28.8 Å². The summed E-state index contributed by atoms with van der Waals surface area (Å²) in [6.07, 6.45) is 1.05. The average molecular weight is 529 g/mol. The SMILES string of the molecule is COC(=O)[C@H](CS[C@H]1C2C(=O)O[C@@H]3CC[C@H](C[C@@H]1C)[C@]23O)NC(=O)[C@@H](NC(=O)OC(C)(C)C)C(C)C. The second-order valence-corrected chi connectivity index (χ2v) is 12.7. The summed E-state index contributed by atoms with van der Waals surface area (Å²) in [6, 6.07) is -1.94. The van der Waals surface area contributed by atoms with Crippen molar-refractivity contribution < 1.29 is 38.5 Å². The van der Waals surface area contributed by atoms with Gasteiger partial charge in [-0.1, -0.05) is 20.8 Å². The molecule has 36 heavy (non-hydrogen) atoms. The summed E-state index contributed by atoms with van der Waals surface area (Å²) in [6.45, 7) is 10.8. The molecule has 0 radical (unpaired) electrons. The topological polar surface area (TPSA) is 140 Å². The number of rotatable bonds is 8. The quantitative estimate of drug-likeness (QED) is 0.319. The van der Waals surface area contributed by atoms with Gasteiger partial charge in [-0.3, -0.25) is 9.59 Å². The van der Waals surface area contributed by atoms with Crippen LogP contribution in [0.25, 0.3) is 0 Å². The highest BCUT2D eigenvalue weighted by molar-refractivity contribution is 8.00. The second kappa shape index (κ2) is 10.8. The fourth-order valence-electron chi connectivity index (χ4n) is 5.71. The molecule has 0 spiro atoms. The van der Waals surface area contributed by atoms with Gasteiger partial charge in [-0.2, -0.15) is 11.8 Å². The standard InChI is InChI=1S/C25H40N2O8S/c1-12(2)18(27-23(31)35-24(4,5)6)20(28)26-15(21(29)33-7)11-36-19-13(3)10-14-8-9-16-25(14,32)17(19)22(30)34-16/h12-19,32H,8-11H2,1-7H3,(H,26,28)(H,27,31)/t13-,14+,15-,16+,17?,18-,19+,25+/m0/s1. The van der Waals surface area contributed by atoms with E-state index in [1.54, 1.807) is 34.6 Å². The van der Waals surface area contributed by atoms with Crippen LogP contribution in [0, 0.1) is 23.7 Å². The lowest BCUT2D eigenvalue weighted by atomic mass is 9.66. The molecular formula is C25H40N2O8S. The third-order valence-electron chi connectivity index (χ3n) is 7.38. The average Bonchev–Trinajstić information content (AvgIpc) is 3.21. The lowest BCUT2D eigenvalue weighted by molar-refractivity contribution is -0.145. The highest BCUT2D eigenvalue weighted by Crippen LogP contribution is 2.58. The minimum atomic E-state index is -1.18. The van der Waals surface area contributed by atoms with Gasteiger partial charge in [0.05, 0.1) is 7.11 Å². The number of thioether (sulfide) groups is 1. The van der Waals surface area contributed by atoms with E-state index >= 15 is 0 Å². The van der Waals surface area contributed by atoms with Crippen molar-refractivity contribution in [1.29, 1.82) is 0 Å². The number of ether oxygens (including phenoxy) is 3. The molecule has 0 aromatic carbocycles. The van der Waals surface area contributed by atoms with Gasteiger partial charge in [0.1, 0.15) is 35.3 Å². The summed E-state index contributed by atoms with van der Waals surface area (Å²) in [5.74, 6) is -2.25. The molecule has 2 saturated carbocycles. The minimum absolute atomic E-state index is 0.0210. The number of aliphatic hydroxyl groups is 1. The van der Waals surface area contributed by atoms with Gasteiger partial charge in [0.15, 0.2) is 0 Å². The third-order valence-corrected chi connectivity index (χ3v) is 9.03. The molecule has 1 aliphatic heterocycles. The van der Waals surface area contributed by atoms with Gasteiger partial charge in [0, 0.05) is 11.0 Å². The number of alkyl carbamates (subject to hydrolysis) is 1. The summed E-state index contributed by atoms with van der Waals surface area (Å²) in [5.41, 5.74) is -1.90. The van der Waals surface area contributed by atoms with Crippen molar-refractivity contribution in [1.82, 2.24) is 10.6 Å². The Bertz CT molecular complexity index is 875. The van der Waals surface area contributed by atoms with Crippen LogP contribution in [0.5, 0.6) is 0 Å². The Hall–Kier alpha value is -2.01. The van der Waals surface area contributed by atoms with Crippen molar-refractivity contribution in [2.24, 2.45) is 23.7 Å². The molecule has 3 rings (SSSR count). The highest BCUT2D eigenvalue weighted by atomic mass is 32.2. The summed E-state index contributed by atoms with van der Waals surface area (Å²) in [5, 5.41) is 16.5. The van der Waals surface area contributed by atoms with Crippen LogP contribution in [-0.2, 0) is 28.6 Å². The maximum Gasteiger partial charge on any atom is 0.408 e. The molecule has 11 heteroatoms. The number of nitrogens with one attached hydrogen (secondary N) is 2. The molecule has 1 saturated heterocycles. The monoisotopic (exact) mass is 528 g/mol. The first-order valence-electron chi connectivity index (χ1n) is 12.6. The van der Waals surface area contributed by atoms with Crippen molar-refractivity contribution in [3.05, 3.63) is 0 Å². The molecule has 0 bridgehead atoms. The third kappa shape index (κ3) is 5.77. The summed E-state index contributed by atoms with van der Waals surface area (Å²) >= 11 is 1.36. The molecule has 3 aliphatic rings. The van der Waals surface area contributed by atoms with E-state index in [1.807, 2.05) is 6.92 Å². The van der Waals surface area contributed by atoms with Crippen LogP contribution < -0.4 is 10.6 Å². The van der Waals surface area contributed by atoms with Gasteiger partial charge in [0.25, 0.3) is 0 Å². The summed E-state index contributed by atoms with van der Waals surface area (Å²) < 4.78 is 15.7. The maximum absolute atomic E-state index is 13.1. The smallest absolute Gasteiger partial charge is 0.408 e. The Balaban J connectivity index is 1.70. The fraction of sp³-hybridized carbons (Fsp3) is 0.840. The minimum Gasteiger partial charge on any atom is -0.467 e. The summed E-state index contributed by atoms with van der Waals surface area (Å²) in [4.78, 5) is 50.7. The number of methoxy groups -OCH3 is 1. The van der Waals surface area contributed by atoms with Gasteiger partial charge in [-0.25, -0.2) is 9.59 Å².